The number of fused-ring (bicyclic) bond motifs is 1. The number of furan rings is 1. The molecule has 4 aromatic rings. The number of hydrogen-bond donors (Lipinski definition) is 1. The summed E-state index contributed by atoms with van der Waals surface area (Å²) >= 11 is 0. The predicted octanol–water partition coefficient (Wildman–Crippen LogP) is 5.76. The lowest BCUT2D eigenvalue weighted by atomic mass is 9.94. The second kappa shape index (κ2) is 8.85. The van der Waals surface area contributed by atoms with Gasteiger partial charge in [0.2, 0.25) is 5.78 Å². The van der Waals surface area contributed by atoms with E-state index in [0.29, 0.717) is 22.6 Å². The Morgan fingerprint density at radius 2 is 1.61 bits per heavy atom. The van der Waals surface area contributed by atoms with E-state index in [2.05, 4.69) is 0 Å². The largest absolute Gasteiger partial charge is 0.503 e. The summed E-state index contributed by atoms with van der Waals surface area (Å²) in [4.78, 5) is 39.9. The molecule has 3 aromatic carbocycles. The molecule has 1 aliphatic rings. The van der Waals surface area contributed by atoms with Crippen LogP contribution in [0.25, 0.3) is 11.0 Å². The highest BCUT2D eigenvalue weighted by Gasteiger charge is 2.45. The van der Waals surface area contributed by atoms with Crippen molar-refractivity contribution in [1.82, 2.24) is 0 Å². The van der Waals surface area contributed by atoms with Crippen LogP contribution in [-0.2, 0) is 9.59 Å². The standard InChI is InChI=1S/C29H23NO6/c1-16-12-17(2)14-21(13-16)30-26(19-8-10-22(11-9-19)35-18(3)31)25(28(33)29(30)34)27(32)24-15-20-6-4-5-7-23(20)36-24/h4-15,26,33H,1-3H3. The highest BCUT2D eigenvalue weighted by atomic mass is 16.5. The van der Waals surface area contributed by atoms with E-state index in [1.54, 1.807) is 42.5 Å². The molecule has 1 N–H and O–H groups in total. The topological polar surface area (TPSA) is 97.0 Å². The van der Waals surface area contributed by atoms with Crippen molar-refractivity contribution in [2.45, 2.75) is 26.8 Å². The second-order valence-corrected chi connectivity index (χ2v) is 8.83. The maximum Gasteiger partial charge on any atom is 0.308 e. The van der Waals surface area contributed by atoms with Crippen molar-refractivity contribution in [2.24, 2.45) is 0 Å². The van der Waals surface area contributed by atoms with Crippen molar-refractivity contribution in [3.8, 4) is 5.75 Å². The Balaban J connectivity index is 1.65. The number of rotatable bonds is 5. The molecule has 7 heteroatoms. The van der Waals surface area contributed by atoms with Crippen LogP contribution >= 0.6 is 0 Å². The van der Waals surface area contributed by atoms with Crippen LogP contribution < -0.4 is 9.64 Å². The molecule has 1 aliphatic heterocycles. The monoisotopic (exact) mass is 481 g/mol. The molecule has 180 valence electrons. The number of nitrogens with zero attached hydrogens (tertiary/aromatic N) is 1. The van der Waals surface area contributed by atoms with Crippen molar-refractivity contribution in [2.75, 3.05) is 4.90 Å². The third-order valence-corrected chi connectivity index (χ3v) is 6.04. The normalized spacial score (nSPS) is 15.6. The minimum absolute atomic E-state index is 0.0226. The Morgan fingerprint density at radius 3 is 2.25 bits per heavy atom. The number of para-hydroxylation sites is 1. The van der Waals surface area contributed by atoms with Gasteiger partial charge in [0.1, 0.15) is 11.3 Å². The van der Waals surface area contributed by atoms with Crippen molar-refractivity contribution >= 4 is 34.3 Å². The summed E-state index contributed by atoms with van der Waals surface area (Å²) in [5.74, 6) is -2.02. The first kappa shape index (κ1) is 23.1. The first-order valence-electron chi connectivity index (χ1n) is 11.4. The molecular weight excluding hydrogens is 458 g/mol. The Kier molecular flexibility index (Phi) is 5.68. The van der Waals surface area contributed by atoms with Crippen LogP contribution in [0.2, 0.25) is 0 Å². The van der Waals surface area contributed by atoms with Gasteiger partial charge in [0, 0.05) is 18.0 Å². The molecule has 0 aliphatic carbocycles. The fourth-order valence-electron chi connectivity index (χ4n) is 4.62. The first-order chi connectivity index (χ1) is 17.2. The molecule has 7 nitrogen and oxygen atoms in total. The Hall–Kier alpha value is -4.65. The van der Waals surface area contributed by atoms with Gasteiger partial charge in [-0.3, -0.25) is 19.3 Å². The number of aliphatic hydroxyl groups excluding tert-OH is 1. The zero-order valence-electron chi connectivity index (χ0n) is 19.9. The van der Waals surface area contributed by atoms with Crippen LogP contribution in [0, 0.1) is 13.8 Å². The molecule has 0 fully saturated rings. The fraction of sp³-hybridized carbons (Fsp3) is 0.138. The van der Waals surface area contributed by atoms with E-state index >= 15 is 0 Å². The maximum absolute atomic E-state index is 13.7. The van der Waals surface area contributed by atoms with Crippen LogP contribution in [0.5, 0.6) is 5.75 Å². The van der Waals surface area contributed by atoms with Gasteiger partial charge in [-0.25, -0.2) is 0 Å². The smallest absolute Gasteiger partial charge is 0.308 e. The molecule has 1 unspecified atom stereocenters. The van der Waals surface area contributed by atoms with E-state index in [-0.39, 0.29) is 11.3 Å². The molecule has 0 bridgehead atoms. The average molecular weight is 482 g/mol. The van der Waals surface area contributed by atoms with Gasteiger partial charge in [-0.15, -0.1) is 0 Å². The lowest BCUT2D eigenvalue weighted by Gasteiger charge is -2.27. The molecule has 5 rings (SSSR count). The van der Waals surface area contributed by atoms with Gasteiger partial charge in [0.15, 0.2) is 11.5 Å². The number of aryl methyl sites for hydroxylation is 2. The zero-order valence-corrected chi connectivity index (χ0v) is 19.9. The van der Waals surface area contributed by atoms with Crippen LogP contribution in [0.4, 0.5) is 5.69 Å². The molecule has 36 heavy (non-hydrogen) atoms. The van der Waals surface area contributed by atoms with Gasteiger partial charge < -0.3 is 14.3 Å². The minimum Gasteiger partial charge on any atom is -0.503 e. The molecule has 0 saturated heterocycles. The number of ketones is 1. The summed E-state index contributed by atoms with van der Waals surface area (Å²) in [5, 5.41) is 11.7. The number of Topliss-reactive ketones (excluding diaryl/α,β-unsaturated/α-hetero) is 1. The summed E-state index contributed by atoms with van der Waals surface area (Å²) in [6.07, 6.45) is 0. The minimum atomic E-state index is -0.925. The average Bonchev–Trinajstić information content (AvgIpc) is 3.37. The number of aliphatic hydroxyl groups is 1. The Morgan fingerprint density at radius 1 is 0.944 bits per heavy atom. The Bertz CT molecular complexity index is 1510. The third kappa shape index (κ3) is 4.05. The molecule has 0 saturated carbocycles. The summed E-state index contributed by atoms with van der Waals surface area (Å²) < 4.78 is 10.9. The van der Waals surface area contributed by atoms with Gasteiger partial charge in [0.25, 0.3) is 5.91 Å². The number of hydrogen-bond acceptors (Lipinski definition) is 6. The number of carbonyl (C=O) groups is 3. The number of esters is 1. The van der Waals surface area contributed by atoms with E-state index in [9.17, 15) is 19.5 Å². The van der Waals surface area contributed by atoms with E-state index < -0.39 is 29.5 Å². The first-order valence-corrected chi connectivity index (χ1v) is 11.4. The van der Waals surface area contributed by atoms with Gasteiger partial charge in [0.05, 0.1) is 11.6 Å². The molecule has 2 heterocycles. The fourth-order valence-corrected chi connectivity index (χ4v) is 4.62. The van der Waals surface area contributed by atoms with Gasteiger partial charge >= 0.3 is 5.97 Å². The molecule has 0 spiro atoms. The van der Waals surface area contributed by atoms with Crippen LogP contribution in [0.3, 0.4) is 0 Å². The van der Waals surface area contributed by atoms with E-state index in [1.807, 2.05) is 44.2 Å². The molecule has 1 atom stereocenters. The van der Waals surface area contributed by atoms with Gasteiger partial charge in [-0.05, 0) is 66.9 Å². The summed E-state index contributed by atoms with van der Waals surface area (Å²) in [5.41, 5.74) is 3.40. The van der Waals surface area contributed by atoms with Crippen molar-refractivity contribution in [3.05, 3.63) is 107 Å². The van der Waals surface area contributed by atoms with Crippen molar-refractivity contribution in [1.29, 1.82) is 0 Å². The molecule has 1 aromatic heterocycles. The van der Waals surface area contributed by atoms with E-state index in [4.69, 9.17) is 9.15 Å². The van der Waals surface area contributed by atoms with Crippen molar-refractivity contribution in [3.63, 3.8) is 0 Å². The summed E-state index contributed by atoms with van der Waals surface area (Å²) in [6.45, 7) is 5.12. The maximum atomic E-state index is 13.7. The highest BCUT2D eigenvalue weighted by molar-refractivity contribution is 6.20. The zero-order chi connectivity index (χ0) is 25.6. The summed E-state index contributed by atoms with van der Waals surface area (Å²) in [6, 6.07) is 20.0. The van der Waals surface area contributed by atoms with Gasteiger partial charge in [-0.1, -0.05) is 36.4 Å². The van der Waals surface area contributed by atoms with Crippen molar-refractivity contribution < 1.29 is 28.6 Å². The van der Waals surface area contributed by atoms with Gasteiger partial charge in [-0.2, -0.15) is 0 Å². The Labute approximate surface area is 207 Å². The SMILES string of the molecule is CC(=O)Oc1ccc(C2C(C(=O)c3cc4ccccc4o3)=C(O)C(=O)N2c2cc(C)cc(C)c2)cc1. The number of anilines is 1. The van der Waals surface area contributed by atoms with E-state index in [1.165, 1.54) is 11.8 Å². The highest BCUT2D eigenvalue weighted by Crippen LogP contribution is 2.43. The molecule has 1 amide bonds. The number of amides is 1. The molecule has 0 radical (unpaired) electrons. The molecular formula is C29H23NO6. The predicted molar refractivity (Wildman–Crippen MR) is 134 cm³/mol. The lowest BCUT2D eigenvalue weighted by Crippen LogP contribution is -2.31. The lowest BCUT2D eigenvalue weighted by molar-refractivity contribution is -0.131. The number of ether oxygens (including phenoxy) is 1. The number of carbonyl (C=O) groups excluding carboxylic acids is 3. The van der Waals surface area contributed by atoms with E-state index in [0.717, 1.165) is 16.5 Å². The van der Waals surface area contributed by atoms with Crippen LogP contribution in [-0.4, -0.2) is 22.8 Å². The second-order valence-electron chi connectivity index (χ2n) is 8.83. The third-order valence-electron chi connectivity index (χ3n) is 6.04. The van der Waals surface area contributed by atoms with Crippen LogP contribution in [0.1, 0.15) is 40.2 Å². The van der Waals surface area contributed by atoms with Crippen LogP contribution in [0.15, 0.2) is 88.5 Å². The number of benzene rings is 3. The summed E-state index contributed by atoms with van der Waals surface area (Å²) in [7, 11) is 0. The quantitative estimate of drug-likeness (QED) is 0.221.